The number of halogens is 2. The quantitative estimate of drug-likeness (QED) is 0.304. The van der Waals surface area contributed by atoms with E-state index in [-0.39, 0.29) is 76.9 Å². The van der Waals surface area contributed by atoms with E-state index in [0.29, 0.717) is 6.42 Å². The summed E-state index contributed by atoms with van der Waals surface area (Å²) in [5.41, 5.74) is 0. The number of aliphatic carboxylic acids is 1. The zero-order valence-corrected chi connectivity index (χ0v) is 22.3. The van der Waals surface area contributed by atoms with Crippen LogP contribution in [0.3, 0.4) is 0 Å². The van der Waals surface area contributed by atoms with Gasteiger partial charge in [-0.15, -0.1) is 12.8 Å². The van der Waals surface area contributed by atoms with Crippen LogP contribution in [0.2, 0.25) is 0 Å². The van der Waals surface area contributed by atoms with E-state index in [4.69, 9.17) is 5.11 Å². The zero-order valence-electron chi connectivity index (χ0n) is 15.1. The molecule has 0 saturated carbocycles. The van der Waals surface area contributed by atoms with Crippen LogP contribution >= 0.6 is 0 Å². The van der Waals surface area contributed by atoms with Gasteiger partial charge in [0.25, 0.3) is 0 Å². The van der Waals surface area contributed by atoms with Gasteiger partial charge in [-0.1, -0.05) is 0 Å². The largest absolute Gasteiger partial charge is 4.00 e. The van der Waals surface area contributed by atoms with Gasteiger partial charge in [-0.25, -0.2) is 29.1 Å². The molecule has 0 spiro atoms. The summed E-state index contributed by atoms with van der Waals surface area (Å²) >= 11 is 0. The summed E-state index contributed by atoms with van der Waals surface area (Å²) in [6.07, 6.45) is 21.7. The van der Waals surface area contributed by atoms with Crippen LogP contribution in [-0.4, -0.2) is 73.5 Å². The summed E-state index contributed by atoms with van der Waals surface area (Å²) in [6.45, 7) is 2.62. The summed E-state index contributed by atoms with van der Waals surface area (Å²) < 4.78 is 0. The Morgan fingerprint density at radius 2 is 1.74 bits per heavy atom. The number of hydrogen-bond acceptors (Lipinski definition) is 4. The Bertz CT molecular complexity index is 513. The molecule has 0 amide bonds. The van der Waals surface area contributed by atoms with Crippen LogP contribution in [0.15, 0.2) is 41.4 Å². The van der Waals surface area contributed by atoms with Gasteiger partial charge >= 0.3 is 32.2 Å². The second kappa shape index (κ2) is 19.4. The first-order valence-corrected chi connectivity index (χ1v) is 7.99. The maximum Gasteiger partial charge on any atom is 4.00 e. The summed E-state index contributed by atoms with van der Waals surface area (Å²) in [5, 5.41) is 11.7. The van der Waals surface area contributed by atoms with Crippen LogP contribution in [0.4, 0.5) is 0 Å². The Hall–Kier alpha value is 0.0332. The third-order valence-corrected chi connectivity index (χ3v) is 3.61. The van der Waals surface area contributed by atoms with E-state index in [9.17, 15) is 4.79 Å². The number of carboxylic acids is 1. The van der Waals surface area contributed by atoms with Gasteiger partial charge in [-0.2, -0.15) is 12.2 Å². The molecule has 0 bridgehead atoms. The van der Waals surface area contributed by atoms with Crippen molar-refractivity contribution in [2.24, 2.45) is 4.99 Å². The Balaban J connectivity index is -0.000000349. The fourth-order valence-corrected chi connectivity index (χ4v) is 2.39. The molecule has 5 nitrogen and oxygen atoms in total. The number of carboxylic acid groups (broad SMARTS) is 1. The molecule has 2 aliphatic carbocycles. The van der Waals surface area contributed by atoms with Crippen molar-refractivity contribution in [3.8, 4) is 0 Å². The zero-order chi connectivity index (χ0) is 16.3. The van der Waals surface area contributed by atoms with Crippen molar-refractivity contribution in [1.29, 1.82) is 0 Å². The topological polar surface area (TPSA) is 64.9 Å². The van der Waals surface area contributed by atoms with Crippen LogP contribution in [0.25, 0.3) is 0 Å². The van der Waals surface area contributed by atoms with Crippen LogP contribution in [-0.2, 0) is 31.0 Å². The van der Waals surface area contributed by atoms with E-state index < -0.39 is 12.0 Å². The number of fused-ring (bicyclic) bond motifs is 1. The van der Waals surface area contributed by atoms with Crippen molar-refractivity contribution in [3.05, 3.63) is 48.6 Å². The second-order valence-corrected chi connectivity index (χ2v) is 5.38. The van der Waals surface area contributed by atoms with Crippen LogP contribution in [0.5, 0.6) is 0 Å². The van der Waals surface area contributed by atoms with Crippen molar-refractivity contribution in [3.63, 3.8) is 0 Å². The predicted molar refractivity (Wildman–Crippen MR) is 96.6 cm³/mol. The minimum Gasteiger partial charge on any atom is -1.00 e. The van der Waals surface area contributed by atoms with Gasteiger partial charge in [-0.3, -0.25) is 17.1 Å². The van der Waals surface area contributed by atoms with Crippen LogP contribution in [0.1, 0.15) is 25.7 Å². The van der Waals surface area contributed by atoms with E-state index in [1.807, 2.05) is 24.3 Å². The molecule has 143 valence electrons. The number of nitrogens with zero attached hydrogens (tertiary/aromatic N) is 2. The molecule has 1 fully saturated rings. The van der Waals surface area contributed by atoms with Gasteiger partial charge in [0, 0.05) is 45.5 Å². The molecule has 27 heavy (non-hydrogen) atoms. The number of hydrogen-bond donors (Lipinski definition) is 2. The maximum atomic E-state index is 10.7. The summed E-state index contributed by atoms with van der Waals surface area (Å²) in [4.78, 5) is 17.1. The average Bonchev–Trinajstić information content (AvgIpc) is 3.32. The number of guanidine groups is 1. The minimum absolute atomic E-state index is 0. The van der Waals surface area contributed by atoms with E-state index >= 15 is 0 Å². The Morgan fingerprint density at radius 1 is 1.15 bits per heavy atom. The van der Waals surface area contributed by atoms with Gasteiger partial charge in [0.05, 0.1) is 0 Å². The third-order valence-electron chi connectivity index (χ3n) is 3.61. The standard InChI is InChI=1S/C8H13N3O2.2C5H5.2ClH.In.Zr/c12-7(13)6-2-5-11-4-1-3-9-8(11)10-6;2*1-2-4-5-3-1;;;;/h6H,1-5H2,(H,9,10)(H,12,13);2*1-3H,4H2;2*1H;;/q;2*-1;;;;+4/p-2. The van der Waals surface area contributed by atoms with E-state index in [0.717, 1.165) is 44.9 Å². The minimum atomic E-state index is -0.784. The first kappa shape index (κ1) is 31.7. The van der Waals surface area contributed by atoms with Crippen LogP contribution < -0.4 is 30.1 Å². The molecule has 4 aliphatic rings. The molecular weight excluding hydrogens is 567 g/mol. The van der Waals surface area contributed by atoms with Crippen molar-refractivity contribution >= 4 is 37.8 Å². The number of rotatable bonds is 1. The summed E-state index contributed by atoms with van der Waals surface area (Å²) in [7, 11) is 0. The molecule has 0 aromatic carbocycles. The Morgan fingerprint density at radius 3 is 2.15 bits per heavy atom. The van der Waals surface area contributed by atoms with Crippen LogP contribution in [0, 0.1) is 12.2 Å². The first-order chi connectivity index (χ1) is 11.3. The molecule has 2 N–H and O–H groups in total. The Kier molecular flexibility index (Phi) is 22.7. The number of nitrogens with one attached hydrogen (secondary N) is 1. The molecule has 4 rings (SSSR count). The Labute approximate surface area is 212 Å². The molecule has 0 aromatic rings. The van der Waals surface area contributed by atoms with Gasteiger partial charge in [0.1, 0.15) is 6.04 Å². The molecule has 2 heterocycles. The van der Waals surface area contributed by atoms with Crippen molar-refractivity contribution < 1.29 is 60.9 Å². The predicted octanol–water partition coefficient (Wildman–Crippen LogP) is -4.27. The van der Waals surface area contributed by atoms with E-state index in [1.165, 1.54) is 0 Å². The SMILES string of the molecule is O=C(O)C1CCN2CCCN=C2N1.[C-]1=CC=CC1.[C-]1=CC=CC1.[Cl-].[Cl-].[In].[Zr+4]. The maximum absolute atomic E-state index is 10.7. The van der Waals surface area contributed by atoms with Gasteiger partial charge < -0.3 is 40.1 Å². The molecule has 3 radical (unpaired) electrons. The number of allylic oxidation sites excluding steroid dienone is 8. The van der Waals surface area contributed by atoms with Gasteiger partial charge in [-0.05, 0) is 12.8 Å². The average molecular weight is 590 g/mol. The smallest absolute Gasteiger partial charge is 1.00 e. The summed E-state index contributed by atoms with van der Waals surface area (Å²) in [5.74, 6) is -0.0159. The van der Waals surface area contributed by atoms with Gasteiger partial charge in [0.2, 0.25) is 0 Å². The number of carbonyl (C=O) groups is 1. The van der Waals surface area contributed by atoms with Crippen molar-refractivity contribution in [2.45, 2.75) is 31.7 Å². The van der Waals surface area contributed by atoms with E-state index in [2.05, 4.69) is 39.5 Å². The first-order valence-electron chi connectivity index (χ1n) is 7.99. The molecule has 1 unspecified atom stereocenters. The van der Waals surface area contributed by atoms with Crippen molar-refractivity contribution in [1.82, 2.24) is 10.2 Å². The third kappa shape index (κ3) is 13.0. The monoisotopic (exact) mass is 588 g/mol. The number of aliphatic imine (C=N–C) groups is 1. The van der Waals surface area contributed by atoms with Gasteiger partial charge in [0.15, 0.2) is 5.96 Å². The molecule has 1 atom stereocenters. The normalized spacial score (nSPS) is 19.6. The fraction of sp³-hybridized carbons (Fsp3) is 0.444. The second-order valence-electron chi connectivity index (χ2n) is 5.38. The molecule has 1 saturated heterocycles. The molecular formula is C18H23Cl2InN3O2Zr. The molecule has 2 aliphatic heterocycles. The van der Waals surface area contributed by atoms with E-state index in [1.54, 1.807) is 0 Å². The van der Waals surface area contributed by atoms with Crippen molar-refractivity contribution in [2.75, 3.05) is 19.6 Å². The summed E-state index contributed by atoms with van der Waals surface area (Å²) in [6, 6.07) is -0.451. The molecule has 0 aromatic heterocycles. The fourth-order valence-electron chi connectivity index (χ4n) is 2.39. The molecule has 9 heteroatoms.